The minimum atomic E-state index is -0.645. The Labute approximate surface area is 111 Å². The van der Waals surface area contributed by atoms with Crippen molar-refractivity contribution >= 4 is 5.78 Å². The minimum Gasteiger partial charge on any atom is -0.294 e. The standard InChI is InChI=1S/C16H12FNO/c17-15-8-4-7-13(14(15)11-18)16(19)10-9-12-5-2-1-3-6-12/h1-8H,9-10H2. The highest BCUT2D eigenvalue weighted by molar-refractivity contribution is 5.98. The fraction of sp³-hybridized carbons (Fsp3) is 0.125. The molecule has 0 spiro atoms. The van der Waals surface area contributed by atoms with Crippen LogP contribution in [0.25, 0.3) is 0 Å². The van der Waals surface area contributed by atoms with Crippen LogP contribution >= 0.6 is 0 Å². The van der Waals surface area contributed by atoms with E-state index >= 15 is 0 Å². The Hall–Kier alpha value is -2.47. The van der Waals surface area contributed by atoms with Crippen LogP contribution in [0.3, 0.4) is 0 Å². The van der Waals surface area contributed by atoms with Gasteiger partial charge in [0, 0.05) is 12.0 Å². The Morgan fingerprint density at radius 1 is 1.11 bits per heavy atom. The molecular formula is C16H12FNO. The first-order valence-corrected chi connectivity index (χ1v) is 5.98. The van der Waals surface area contributed by atoms with Crippen molar-refractivity contribution in [3.63, 3.8) is 0 Å². The van der Waals surface area contributed by atoms with Gasteiger partial charge in [-0.25, -0.2) is 4.39 Å². The number of carbonyl (C=O) groups is 1. The molecule has 0 fully saturated rings. The predicted octanol–water partition coefficient (Wildman–Crippen LogP) is 3.51. The van der Waals surface area contributed by atoms with Gasteiger partial charge >= 0.3 is 0 Å². The zero-order valence-electron chi connectivity index (χ0n) is 10.3. The second-order valence-electron chi connectivity index (χ2n) is 4.18. The average molecular weight is 253 g/mol. The Morgan fingerprint density at radius 3 is 2.53 bits per heavy atom. The van der Waals surface area contributed by atoms with Gasteiger partial charge in [-0.3, -0.25) is 4.79 Å². The maximum atomic E-state index is 13.4. The Kier molecular flexibility index (Phi) is 4.04. The van der Waals surface area contributed by atoms with Crippen molar-refractivity contribution in [3.8, 4) is 6.07 Å². The van der Waals surface area contributed by atoms with Gasteiger partial charge in [-0.05, 0) is 24.1 Å². The van der Waals surface area contributed by atoms with Crippen LogP contribution in [-0.4, -0.2) is 5.78 Å². The quantitative estimate of drug-likeness (QED) is 0.782. The third kappa shape index (κ3) is 3.05. The molecule has 0 unspecified atom stereocenters. The van der Waals surface area contributed by atoms with Crippen molar-refractivity contribution in [2.75, 3.05) is 0 Å². The highest BCUT2D eigenvalue weighted by Gasteiger charge is 2.14. The molecule has 0 N–H and O–H groups in total. The number of hydrogen-bond donors (Lipinski definition) is 0. The fourth-order valence-corrected chi connectivity index (χ4v) is 1.91. The summed E-state index contributed by atoms with van der Waals surface area (Å²) in [6, 6.07) is 15.5. The highest BCUT2D eigenvalue weighted by atomic mass is 19.1. The van der Waals surface area contributed by atoms with Crippen LogP contribution in [0.5, 0.6) is 0 Å². The monoisotopic (exact) mass is 253 g/mol. The van der Waals surface area contributed by atoms with Crippen LogP contribution < -0.4 is 0 Å². The van der Waals surface area contributed by atoms with Crippen LogP contribution in [0.4, 0.5) is 4.39 Å². The summed E-state index contributed by atoms with van der Waals surface area (Å²) < 4.78 is 13.4. The zero-order valence-corrected chi connectivity index (χ0v) is 10.3. The van der Waals surface area contributed by atoms with Gasteiger partial charge in [-0.1, -0.05) is 36.4 Å². The summed E-state index contributed by atoms with van der Waals surface area (Å²) in [5.41, 5.74) is 1.05. The van der Waals surface area contributed by atoms with E-state index < -0.39 is 5.82 Å². The van der Waals surface area contributed by atoms with E-state index in [-0.39, 0.29) is 23.3 Å². The maximum Gasteiger partial charge on any atom is 0.164 e. The van der Waals surface area contributed by atoms with E-state index in [2.05, 4.69) is 0 Å². The number of benzene rings is 2. The Bertz CT molecular complexity index is 629. The molecule has 0 saturated carbocycles. The third-order valence-electron chi connectivity index (χ3n) is 2.91. The highest BCUT2D eigenvalue weighted by Crippen LogP contribution is 2.15. The number of halogens is 1. The summed E-state index contributed by atoms with van der Waals surface area (Å²) in [6.45, 7) is 0. The van der Waals surface area contributed by atoms with Crippen molar-refractivity contribution in [2.45, 2.75) is 12.8 Å². The normalized spacial score (nSPS) is 9.89. The third-order valence-corrected chi connectivity index (χ3v) is 2.91. The number of rotatable bonds is 4. The lowest BCUT2D eigenvalue weighted by Crippen LogP contribution is -2.05. The van der Waals surface area contributed by atoms with E-state index in [0.29, 0.717) is 6.42 Å². The second-order valence-corrected chi connectivity index (χ2v) is 4.18. The molecule has 94 valence electrons. The zero-order chi connectivity index (χ0) is 13.7. The number of nitriles is 1. The molecule has 0 amide bonds. The van der Waals surface area contributed by atoms with Crippen LogP contribution in [0.2, 0.25) is 0 Å². The summed E-state index contributed by atoms with van der Waals surface area (Å²) in [4.78, 5) is 12.0. The molecule has 0 aliphatic rings. The molecule has 0 bridgehead atoms. The van der Waals surface area contributed by atoms with Gasteiger partial charge in [0.2, 0.25) is 0 Å². The van der Waals surface area contributed by atoms with Crippen molar-refractivity contribution in [3.05, 3.63) is 71.0 Å². The van der Waals surface area contributed by atoms with Crippen molar-refractivity contribution < 1.29 is 9.18 Å². The van der Waals surface area contributed by atoms with Gasteiger partial charge in [0.25, 0.3) is 0 Å². The second kappa shape index (κ2) is 5.92. The van der Waals surface area contributed by atoms with E-state index in [1.54, 1.807) is 6.07 Å². The topological polar surface area (TPSA) is 40.9 Å². The summed E-state index contributed by atoms with van der Waals surface area (Å²) in [5, 5.41) is 8.89. The van der Waals surface area contributed by atoms with Crippen molar-refractivity contribution in [2.24, 2.45) is 0 Å². The SMILES string of the molecule is N#Cc1c(F)cccc1C(=O)CCc1ccccc1. The molecule has 0 radical (unpaired) electrons. The van der Waals surface area contributed by atoms with E-state index in [0.717, 1.165) is 5.56 Å². The molecular weight excluding hydrogens is 241 g/mol. The largest absolute Gasteiger partial charge is 0.294 e. The van der Waals surface area contributed by atoms with E-state index in [1.165, 1.54) is 18.2 Å². The predicted molar refractivity (Wildman–Crippen MR) is 70.2 cm³/mol. The summed E-state index contributed by atoms with van der Waals surface area (Å²) in [5.74, 6) is -0.854. The Morgan fingerprint density at radius 2 is 1.84 bits per heavy atom. The number of nitrogens with zero attached hydrogens (tertiary/aromatic N) is 1. The van der Waals surface area contributed by atoms with Gasteiger partial charge in [-0.2, -0.15) is 5.26 Å². The molecule has 0 aliphatic heterocycles. The van der Waals surface area contributed by atoms with Crippen LogP contribution in [0.15, 0.2) is 48.5 Å². The molecule has 19 heavy (non-hydrogen) atoms. The van der Waals surface area contributed by atoms with Gasteiger partial charge in [0.15, 0.2) is 5.78 Å². The number of hydrogen-bond acceptors (Lipinski definition) is 2. The van der Waals surface area contributed by atoms with E-state index in [1.807, 2.05) is 30.3 Å². The first kappa shape index (κ1) is 13.0. The number of ketones is 1. The summed E-state index contributed by atoms with van der Waals surface area (Å²) in [6.07, 6.45) is 0.850. The lowest BCUT2D eigenvalue weighted by Gasteiger charge is -2.04. The summed E-state index contributed by atoms with van der Waals surface area (Å²) >= 11 is 0. The number of Topliss-reactive ketones (excluding diaryl/α,β-unsaturated/α-hetero) is 1. The molecule has 0 aromatic heterocycles. The molecule has 0 atom stereocenters. The lowest BCUT2D eigenvalue weighted by atomic mass is 9.99. The van der Waals surface area contributed by atoms with Gasteiger partial charge in [-0.15, -0.1) is 0 Å². The molecule has 2 nitrogen and oxygen atoms in total. The lowest BCUT2D eigenvalue weighted by molar-refractivity contribution is 0.0982. The smallest absolute Gasteiger partial charge is 0.164 e. The van der Waals surface area contributed by atoms with Gasteiger partial charge in [0.1, 0.15) is 11.9 Å². The minimum absolute atomic E-state index is 0.165. The van der Waals surface area contributed by atoms with Gasteiger partial charge < -0.3 is 0 Å². The van der Waals surface area contributed by atoms with Crippen LogP contribution in [-0.2, 0) is 6.42 Å². The van der Waals surface area contributed by atoms with E-state index in [4.69, 9.17) is 5.26 Å². The van der Waals surface area contributed by atoms with Crippen LogP contribution in [0, 0.1) is 17.1 Å². The average Bonchev–Trinajstić information content (AvgIpc) is 2.45. The van der Waals surface area contributed by atoms with Crippen LogP contribution in [0.1, 0.15) is 27.9 Å². The number of carbonyl (C=O) groups excluding carboxylic acids is 1. The Balaban J connectivity index is 2.13. The van der Waals surface area contributed by atoms with Crippen molar-refractivity contribution in [1.82, 2.24) is 0 Å². The maximum absolute atomic E-state index is 13.4. The molecule has 0 aliphatic carbocycles. The van der Waals surface area contributed by atoms with Gasteiger partial charge in [0.05, 0.1) is 5.56 Å². The first-order valence-electron chi connectivity index (χ1n) is 5.98. The number of aryl methyl sites for hydroxylation is 1. The first-order chi connectivity index (χ1) is 9.22. The summed E-state index contributed by atoms with van der Waals surface area (Å²) in [7, 11) is 0. The fourth-order valence-electron chi connectivity index (χ4n) is 1.91. The van der Waals surface area contributed by atoms with Crippen molar-refractivity contribution in [1.29, 1.82) is 5.26 Å². The molecule has 2 aromatic carbocycles. The molecule has 0 heterocycles. The molecule has 2 aromatic rings. The molecule has 0 saturated heterocycles. The van der Waals surface area contributed by atoms with E-state index in [9.17, 15) is 9.18 Å². The molecule has 2 rings (SSSR count). The molecule has 3 heteroatoms.